The van der Waals surface area contributed by atoms with Crippen LogP contribution in [0.4, 0.5) is 0 Å². The first-order chi connectivity index (χ1) is 12.4. The molecule has 0 aliphatic carbocycles. The third kappa shape index (κ3) is 3.11. The van der Waals surface area contributed by atoms with Gasteiger partial charge in [0.25, 0.3) is 5.91 Å². The summed E-state index contributed by atoms with van der Waals surface area (Å²) >= 11 is 0. The standard InChI is InChI=1S/C17H19N5O3S/c1-26(24,25)21-6-7-22-13(11-21)8-12(20-22)9-19-17(23)15-10-18-16-5-3-2-4-14(15)16/h2-5,8,10,18H,6-7,9,11H2,1H3,(H,19,23). The van der Waals surface area contributed by atoms with Crippen LogP contribution in [0.15, 0.2) is 36.5 Å². The van der Waals surface area contributed by atoms with Crippen LogP contribution in [-0.4, -0.2) is 46.2 Å². The van der Waals surface area contributed by atoms with Gasteiger partial charge in [0.15, 0.2) is 0 Å². The summed E-state index contributed by atoms with van der Waals surface area (Å²) in [6.07, 6.45) is 2.91. The van der Waals surface area contributed by atoms with E-state index >= 15 is 0 Å². The molecule has 0 atom stereocenters. The molecule has 8 nitrogen and oxygen atoms in total. The van der Waals surface area contributed by atoms with Crippen LogP contribution in [0.5, 0.6) is 0 Å². The summed E-state index contributed by atoms with van der Waals surface area (Å²) in [5.74, 6) is -0.175. The van der Waals surface area contributed by atoms with Crippen molar-refractivity contribution in [1.29, 1.82) is 0 Å². The number of hydrogen-bond donors (Lipinski definition) is 2. The normalized spacial score (nSPS) is 15.1. The maximum atomic E-state index is 12.5. The van der Waals surface area contributed by atoms with Gasteiger partial charge in [-0.25, -0.2) is 8.42 Å². The van der Waals surface area contributed by atoms with Crippen molar-refractivity contribution in [3.63, 3.8) is 0 Å². The zero-order chi connectivity index (χ0) is 18.3. The molecule has 0 radical (unpaired) electrons. The summed E-state index contributed by atoms with van der Waals surface area (Å²) in [4.78, 5) is 15.5. The van der Waals surface area contributed by atoms with Crippen LogP contribution in [0.3, 0.4) is 0 Å². The molecular weight excluding hydrogens is 354 g/mol. The van der Waals surface area contributed by atoms with Crippen LogP contribution < -0.4 is 5.32 Å². The third-order valence-corrected chi connectivity index (χ3v) is 5.80. The van der Waals surface area contributed by atoms with Gasteiger partial charge < -0.3 is 10.3 Å². The van der Waals surface area contributed by atoms with Gasteiger partial charge in [-0.15, -0.1) is 0 Å². The summed E-state index contributed by atoms with van der Waals surface area (Å²) in [5, 5.41) is 8.21. The highest BCUT2D eigenvalue weighted by Crippen LogP contribution is 2.18. The molecule has 1 aliphatic heterocycles. The number of nitrogens with one attached hydrogen (secondary N) is 2. The van der Waals surface area contributed by atoms with Crippen molar-refractivity contribution in [2.75, 3.05) is 12.8 Å². The van der Waals surface area contributed by atoms with Gasteiger partial charge in [-0.2, -0.15) is 9.40 Å². The Morgan fingerprint density at radius 3 is 2.92 bits per heavy atom. The van der Waals surface area contributed by atoms with Gasteiger partial charge in [-0.1, -0.05) is 18.2 Å². The van der Waals surface area contributed by atoms with Crippen molar-refractivity contribution >= 4 is 26.8 Å². The fraction of sp³-hybridized carbons (Fsp3) is 0.294. The molecule has 2 N–H and O–H groups in total. The van der Waals surface area contributed by atoms with Crippen molar-refractivity contribution in [3.05, 3.63) is 53.5 Å². The second-order valence-corrected chi connectivity index (χ2v) is 8.36. The van der Waals surface area contributed by atoms with E-state index in [1.165, 1.54) is 10.6 Å². The SMILES string of the molecule is CS(=O)(=O)N1CCn2nc(CNC(=O)c3c[nH]c4ccccc34)cc2C1. The molecule has 1 aliphatic rings. The highest BCUT2D eigenvalue weighted by molar-refractivity contribution is 7.88. The van der Waals surface area contributed by atoms with E-state index in [9.17, 15) is 13.2 Å². The molecule has 0 spiro atoms. The smallest absolute Gasteiger partial charge is 0.253 e. The zero-order valence-corrected chi connectivity index (χ0v) is 15.1. The molecule has 0 unspecified atom stereocenters. The number of hydrogen-bond acceptors (Lipinski definition) is 4. The quantitative estimate of drug-likeness (QED) is 0.714. The molecule has 9 heteroatoms. The van der Waals surface area contributed by atoms with E-state index in [2.05, 4.69) is 15.4 Å². The van der Waals surface area contributed by atoms with E-state index < -0.39 is 10.0 Å². The number of aromatic nitrogens is 3. The number of rotatable bonds is 4. The Hall–Kier alpha value is -2.65. The first-order valence-electron chi connectivity index (χ1n) is 8.27. The summed E-state index contributed by atoms with van der Waals surface area (Å²) in [5.41, 5.74) is 3.05. The minimum atomic E-state index is -3.22. The first kappa shape index (κ1) is 16.8. The number of amides is 1. The Labute approximate surface area is 150 Å². The minimum Gasteiger partial charge on any atom is -0.360 e. The number of sulfonamides is 1. The molecule has 1 aromatic carbocycles. The van der Waals surface area contributed by atoms with Crippen LogP contribution in [0.25, 0.3) is 10.9 Å². The second-order valence-electron chi connectivity index (χ2n) is 6.38. The summed E-state index contributed by atoms with van der Waals surface area (Å²) in [7, 11) is -3.22. The topological polar surface area (TPSA) is 100 Å². The molecule has 3 aromatic rings. The fourth-order valence-corrected chi connectivity index (χ4v) is 3.98. The van der Waals surface area contributed by atoms with Gasteiger partial charge in [0.1, 0.15) is 0 Å². The van der Waals surface area contributed by atoms with Crippen LogP contribution in [0.2, 0.25) is 0 Å². The molecule has 4 rings (SSSR count). The van der Waals surface area contributed by atoms with Gasteiger partial charge in [0, 0.05) is 23.6 Å². The van der Waals surface area contributed by atoms with Gasteiger partial charge in [0.2, 0.25) is 10.0 Å². The van der Waals surface area contributed by atoms with Crippen molar-refractivity contribution in [2.45, 2.75) is 19.6 Å². The average Bonchev–Trinajstić information content (AvgIpc) is 3.21. The lowest BCUT2D eigenvalue weighted by Gasteiger charge is -2.25. The molecule has 3 heterocycles. The lowest BCUT2D eigenvalue weighted by molar-refractivity contribution is 0.0952. The number of nitrogens with zero attached hydrogens (tertiary/aromatic N) is 3. The predicted molar refractivity (Wildman–Crippen MR) is 96.9 cm³/mol. The van der Waals surface area contributed by atoms with Crippen molar-refractivity contribution in [3.8, 4) is 0 Å². The summed E-state index contributed by atoms with van der Waals surface area (Å²) < 4.78 is 26.6. The number of aromatic amines is 1. The summed E-state index contributed by atoms with van der Waals surface area (Å²) in [6.45, 7) is 1.52. The number of H-pyrrole nitrogens is 1. The highest BCUT2D eigenvalue weighted by atomic mass is 32.2. The highest BCUT2D eigenvalue weighted by Gasteiger charge is 2.24. The molecule has 0 saturated carbocycles. The number of benzene rings is 1. The van der Waals surface area contributed by atoms with E-state index in [4.69, 9.17) is 0 Å². The average molecular weight is 373 g/mol. The van der Waals surface area contributed by atoms with Crippen LogP contribution >= 0.6 is 0 Å². The molecule has 26 heavy (non-hydrogen) atoms. The Balaban J connectivity index is 1.46. The van der Waals surface area contributed by atoms with E-state index in [-0.39, 0.29) is 12.5 Å². The molecule has 2 aromatic heterocycles. The lowest BCUT2D eigenvalue weighted by atomic mass is 10.1. The monoisotopic (exact) mass is 373 g/mol. The van der Waals surface area contributed by atoms with E-state index in [1.807, 2.05) is 30.3 Å². The molecule has 0 bridgehead atoms. The molecule has 0 fully saturated rings. The van der Waals surface area contributed by atoms with Gasteiger partial charge in [0.05, 0.1) is 42.8 Å². The number of para-hydroxylation sites is 1. The summed E-state index contributed by atoms with van der Waals surface area (Å²) in [6, 6.07) is 9.46. The second kappa shape index (κ2) is 6.26. The number of fused-ring (bicyclic) bond motifs is 2. The first-order valence-corrected chi connectivity index (χ1v) is 10.1. The minimum absolute atomic E-state index is 0.175. The maximum Gasteiger partial charge on any atom is 0.253 e. The maximum absolute atomic E-state index is 12.5. The van der Waals surface area contributed by atoms with Gasteiger partial charge in [-0.3, -0.25) is 9.48 Å². The fourth-order valence-electron chi connectivity index (χ4n) is 3.20. The number of carbonyl (C=O) groups excluding carboxylic acids is 1. The van der Waals surface area contributed by atoms with Crippen molar-refractivity contribution in [1.82, 2.24) is 24.4 Å². The number of carbonyl (C=O) groups is 1. The molecule has 1 amide bonds. The van der Waals surface area contributed by atoms with Crippen molar-refractivity contribution < 1.29 is 13.2 Å². The zero-order valence-electron chi connectivity index (χ0n) is 14.3. The van der Waals surface area contributed by atoms with E-state index in [0.717, 1.165) is 16.6 Å². The van der Waals surface area contributed by atoms with Crippen LogP contribution in [-0.2, 0) is 29.7 Å². The Kier molecular flexibility index (Phi) is 4.04. The van der Waals surface area contributed by atoms with E-state index in [0.29, 0.717) is 30.9 Å². The molecule has 0 saturated heterocycles. The van der Waals surface area contributed by atoms with Crippen LogP contribution in [0, 0.1) is 0 Å². The van der Waals surface area contributed by atoms with Gasteiger partial charge >= 0.3 is 0 Å². The largest absolute Gasteiger partial charge is 0.360 e. The molecule has 136 valence electrons. The Morgan fingerprint density at radius 1 is 1.31 bits per heavy atom. The van der Waals surface area contributed by atoms with Gasteiger partial charge in [-0.05, 0) is 12.1 Å². The van der Waals surface area contributed by atoms with Crippen molar-refractivity contribution in [2.24, 2.45) is 0 Å². The van der Waals surface area contributed by atoms with Crippen LogP contribution in [0.1, 0.15) is 21.7 Å². The lowest BCUT2D eigenvalue weighted by Crippen LogP contribution is -2.37. The molecular formula is C17H19N5O3S. The predicted octanol–water partition coefficient (Wildman–Crippen LogP) is 1.07. The van der Waals surface area contributed by atoms with E-state index in [1.54, 1.807) is 10.9 Å². The Bertz CT molecular complexity index is 1080. The Morgan fingerprint density at radius 2 is 2.12 bits per heavy atom. The third-order valence-electron chi connectivity index (χ3n) is 4.55.